The number of rotatable bonds is 6. The number of nitrogens with one attached hydrogen (secondary N) is 1. The third kappa shape index (κ3) is 4.22. The van der Waals surface area contributed by atoms with Crippen LogP contribution in [0.1, 0.15) is 0 Å². The van der Waals surface area contributed by atoms with Gasteiger partial charge in [0.05, 0.1) is 4.90 Å². The molecule has 1 N–H and O–H groups in total. The standard InChI is InChI=1S/C18H15NO5S2/c20-25(21,17-7-3-1-4-8-17)19-15-11-13-16(14-12-15)24-26(22,23)18-9-5-2-6-10-18/h1-14,19H. The molecule has 134 valence electrons. The molecule has 26 heavy (non-hydrogen) atoms. The second kappa shape index (κ2) is 7.19. The van der Waals surface area contributed by atoms with Crippen LogP contribution in [-0.2, 0) is 20.1 Å². The zero-order valence-electron chi connectivity index (χ0n) is 13.4. The first-order valence-electron chi connectivity index (χ1n) is 7.54. The minimum atomic E-state index is -3.94. The van der Waals surface area contributed by atoms with Crippen molar-refractivity contribution in [2.75, 3.05) is 4.72 Å². The van der Waals surface area contributed by atoms with Gasteiger partial charge in [0.2, 0.25) is 0 Å². The van der Waals surface area contributed by atoms with E-state index in [4.69, 9.17) is 4.18 Å². The zero-order valence-corrected chi connectivity index (χ0v) is 15.1. The molecule has 0 amide bonds. The molecule has 0 aliphatic rings. The minimum Gasteiger partial charge on any atom is -0.379 e. The Hall–Kier alpha value is -2.84. The fourth-order valence-corrected chi connectivity index (χ4v) is 4.19. The molecule has 0 unspecified atom stereocenters. The Kier molecular flexibility index (Phi) is 4.97. The van der Waals surface area contributed by atoms with E-state index in [9.17, 15) is 16.8 Å². The first-order chi connectivity index (χ1) is 12.4. The molecule has 0 aliphatic heterocycles. The quantitative estimate of drug-likeness (QED) is 0.654. The number of benzene rings is 3. The number of anilines is 1. The van der Waals surface area contributed by atoms with Crippen molar-refractivity contribution in [2.45, 2.75) is 9.79 Å². The van der Waals surface area contributed by atoms with Crippen LogP contribution in [0, 0.1) is 0 Å². The van der Waals surface area contributed by atoms with Gasteiger partial charge < -0.3 is 4.18 Å². The van der Waals surface area contributed by atoms with Crippen molar-refractivity contribution >= 4 is 25.8 Å². The molecule has 3 aromatic rings. The summed E-state index contributed by atoms with van der Waals surface area (Å²) in [6.45, 7) is 0. The first kappa shape index (κ1) is 18.0. The van der Waals surface area contributed by atoms with Gasteiger partial charge in [-0.2, -0.15) is 8.42 Å². The lowest BCUT2D eigenvalue weighted by Crippen LogP contribution is -2.13. The molecule has 0 atom stereocenters. The number of sulfonamides is 1. The van der Waals surface area contributed by atoms with E-state index in [1.54, 1.807) is 36.4 Å². The Bertz CT molecular complexity index is 989. The lowest BCUT2D eigenvalue weighted by atomic mass is 10.3. The predicted octanol–water partition coefficient (Wildman–Crippen LogP) is 3.26. The predicted molar refractivity (Wildman–Crippen MR) is 97.9 cm³/mol. The van der Waals surface area contributed by atoms with Gasteiger partial charge >= 0.3 is 10.1 Å². The largest absolute Gasteiger partial charge is 0.379 e. The summed E-state index contributed by atoms with van der Waals surface area (Å²) in [5.41, 5.74) is 0.290. The Labute approximate surface area is 152 Å². The van der Waals surface area contributed by atoms with Crippen LogP contribution in [0.15, 0.2) is 94.7 Å². The Morgan fingerprint density at radius 2 is 1.12 bits per heavy atom. The molecule has 0 radical (unpaired) electrons. The van der Waals surface area contributed by atoms with Gasteiger partial charge in [-0.25, -0.2) is 8.42 Å². The van der Waals surface area contributed by atoms with Gasteiger partial charge in [-0.1, -0.05) is 36.4 Å². The lowest BCUT2D eigenvalue weighted by molar-refractivity contribution is 0.486. The van der Waals surface area contributed by atoms with Crippen LogP contribution in [-0.4, -0.2) is 16.8 Å². The molecular formula is C18H15NO5S2. The average molecular weight is 389 g/mol. The van der Waals surface area contributed by atoms with E-state index in [0.29, 0.717) is 5.69 Å². The highest BCUT2D eigenvalue weighted by atomic mass is 32.2. The molecule has 6 nitrogen and oxygen atoms in total. The maximum Gasteiger partial charge on any atom is 0.339 e. The van der Waals surface area contributed by atoms with Crippen molar-refractivity contribution < 1.29 is 21.0 Å². The Morgan fingerprint density at radius 1 is 0.615 bits per heavy atom. The zero-order chi connectivity index (χ0) is 18.6. The molecule has 3 aromatic carbocycles. The van der Waals surface area contributed by atoms with Crippen LogP contribution < -0.4 is 8.91 Å². The molecule has 0 saturated carbocycles. The minimum absolute atomic E-state index is 0.0360. The summed E-state index contributed by atoms with van der Waals surface area (Å²) in [5.74, 6) is 0.0801. The second-order valence-corrected chi connectivity index (χ2v) is 8.52. The van der Waals surface area contributed by atoms with Gasteiger partial charge in [-0.05, 0) is 48.5 Å². The highest BCUT2D eigenvalue weighted by molar-refractivity contribution is 7.92. The van der Waals surface area contributed by atoms with E-state index in [-0.39, 0.29) is 15.5 Å². The summed E-state index contributed by atoms with van der Waals surface area (Å²) >= 11 is 0. The molecule has 0 spiro atoms. The van der Waals surface area contributed by atoms with Gasteiger partial charge in [-0.15, -0.1) is 0 Å². The van der Waals surface area contributed by atoms with E-state index >= 15 is 0 Å². The smallest absolute Gasteiger partial charge is 0.339 e. The van der Waals surface area contributed by atoms with E-state index in [1.807, 2.05) is 0 Å². The fourth-order valence-electron chi connectivity index (χ4n) is 2.15. The highest BCUT2D eigenvalue weighted by Crippen LogP contribution is 2.22. The normalized spacial score (nSPS) is 11.7. The van der Waals surface area contributed by atoms with Crippen molar-refractivity contribution in [3.63, 3.8) is 0 Å². The first-order valence-corrected chi connectivity index (χ1v) is 10.4. The third-order valence-electron chi connectivity index (χ3n) is 3.40. The lowest BCUT2D eigenvalue weighted by Gasteiger charge is -2.10. The van der Waals surface area contributed by atoms with Crippen molar-refractivity contribution in [1.82, 2.24) is 0 Å². The molecule has 0 fully saturated rings. The highest BCUT2D eigenvalue weighted by Gasteiger charge is 2.17. The molecule has 8 heteroatoms. The van der Waals surface area contributed by atoms with Crippen molar-refractivity contribution in [2.24, 2.45) is 0 Å². The Morgan fingerprint density at radius 3 is 1.65 bits per heavy atom. The molecule has 0 saturated heterocycles. The van der Waals surface area contributed by atoms with Crippen LogP contribution >= 0.6 is 0 Å². The second-order valence-electron chi connectivity index (χ2n) is 5.29. The fraction of sp³-hybridized carbons (Fsp3) is 0. The summed E-state index contributed by atoms with van der Waals surface area (Å²) in [7, 11) is -7.66. The van der Waals surface area contributed by atoms with Crippen molar-refractivity contribution in [1.29, 1.82) is 0 Å². The monoisotopic (exact) mass is 389 g/mol. The van der Waals surface area contributed by atoms with Gasteiger partial charge in [0, 0.05) is 5.69 Å². The summed E-state index contributed by atoms with van der Waals surface area (Å²) in [6, 6.07) is 21.3. The van der Waals surface area contributed by atoms with E-state index in [0.717, 1.165) is 0 Å². The maximum atomic E-state index is 12.3. The van der Waals surface area contributed by atoms with Crippen LogP contribution in [0.25, 0.3) is 0 Å². The molecule has 0 aromatic heterocycles. The van der Waals surface area contributed by atoms with Crippen LogP contribution in [0.2, 0.25) is 0 Å². The maximum absolute atomic E-state index is 12.3. The van der Waals surface area contributed by atoms with Crippen molar-refractivity contribution in [3.05, 3.63) is 84.9 Å². The molecule has 3 rings (SSSR count). The molecule has 0 heterocycles. The number of hydrogen-bond donors (Lipinski definition) is 1. The topological polar surface area (TPSA) is 89.5 Å². The molecular weight excluding hydrogens is 374 g/mol. The van der Waals surface area contributed by atoms with Crippen LogP contribution in [0.4, 0.5) is 5.69 Å². The summed E-state index contributed by atoms with van der Waals surface area (Å²) < 4.78 is 56.3. The van der Waals surface area contributed by atoms with Gasteiger partial charge in [0.1, 0.15) is 10.6 Å². The van der Waals surface area contributed by atoms with Gasteiger partial charge in [-0.3, -0.25) is 4.72 Å². The third-order valence-corrected chi connectivity index (χ3v) is 6.06. The SMILES string of the molecule is O=S(=O)(Nc1ccc(OS(=O)(=O)c2ccccc2)cc1)c1ccccc1. The van der Waals surface area contributed by atoms with Crippen molar-refractivity contribution in [3.8, 4) is 5.75 Å². The van der Waals surface area contributed by atoms with E-state index < -0.39 is 20.1 Å². The summed E-state index contributed by atoms with van der Waals surface area (Å²) in [4.78, 5) is 0.167. The average Bonchev–Trinajstić information content (AvgIpc) is 2.64. The van der Waals surface area contributed by atoms with E-state index in [1.165, 1.54) is 48.5 Å². The van der Waals surface area contributed by atoms with Gasteiger partial charge in [0.25, 0.3) is 10.0 Å². The van der Waals surface area contributed by atoms with Crippen LogP contribution in [0.5, 0.6) is 5.75 Å². The summed E-state index contributed by atoms with van der Waals surface area (Å²) in [6.07, 6.45) is 0. The molecule has 0 aliphatic carbocycles. The Balaban J connectivity index is 1.75. The van der Waals surface area contributed by atoms with Gasteiger partial charge in [0.15, 0.2) is 0 Å². The van der Waals surface area contributed by atoms with E-state index in [2.05, 4.69) is 4.72 Å². The number of hydrogen-bond acceptors (Lipinski definition) is 5. The summed E-state index contributed by atoms with van der Waals surface area (Å²) in [5, 5.41) is 0. The van der Waals surface area contributed by atoms with Crippen LogP contribution in [0.3, 0.4) is 0 Å². The molecule has 0 bridgehead atoms.